The monoisotopic (exact) mass is 361 g/mol. The van der Waals surface area contributed by atoms with Gasteiger partial charge in [-0.1, -0.05) is 0 Å². The normalized spacial score (nSPS) is 15.9. The lowest BCUT2D eigenvalue weighted by Gasteiger charge is -2.26. The number of fused-ring (bicyclic) bond motifs is 2. The number of hydrogen-bond donors (Lipinski definition) is 2. The van der Waals surface area contributed by atoms with Crippen molar-refractivity contribution in [3.05, 3.63) is 41.5 Å². The van der Waals surface area contributed by atoms with Crippen molar-refractivity contribution in [3.63, 3.8) is 0 Å². The van der Waals surface area contributed by atoms with E-state index in [4.69, 9.17) is 0 Å². The lowest BCUT2D eigenvalue weighted by atomic mass is 10.1. The molecule has 136 valence electrons. The Kier molecular flexibility index (Phi) is 3.81. The first-order valence-corrected chi connectivity index (χ1v) is 9.17. The number of rotatable bonds is 3. The zero-order valence-electron chi connectivity index (χ0n) is 14.8. The molecule has 1 amide bonds. The highest BCUT2D eigenvalue weighted by Crippen LogP contribution is 2.25. The Morgan fingerprint density at radius 1 is 1.11 bits per heavy atom. The van der Waals surface area contributed by atoms with Crippen LogP contribution in [0, 0.1) is 0 Å². The third-order valence-corrected chi connectivity index (χ3v) is 5.06. The number of aromatic nitrogens is 4. The molecule has 2 aliphatic rings. The van der Waals surface area contributed by atoms with E-state index in [0.717, 1.165) is 42.4 Å². The van der Waals surface area contributed by atoms with Crippen molar-refractivity contribution in [1.29, 1.82) is 0 Å². The van der Waals surface area contributed by atoms with Crippen molar-refractivity contribution < 1.29 is 4.79 Å². The van der Waals surface area contributed by atoms with Gasteiger partial charge in [0.05, 0.1) is 11.9 Å². The summed E-state index contributed by atoms with van der Waals surface area (Å²) in [5.74, 6) is 1.33. The summed E-state index contributed by atoms with van der Waals surface area (Å²) in [6, 6.07) is 3.77. The van der Waals surface area contributed by atoms with Gasteiger partial charge in [-0.15, -0.1) is 0 Å². The molecule has 8 heteroatoms. The van der Waals surface area contributed by atoms with Crippen LogP contribution in [-0.4, -0.2) is 50.0 Å². The fourth-order valence-corrected chi connectivity index (χ4v) is 3.61. The molecule has 0 radical (unpaired) electrons. The number of anilines is 2. The first kappa shape index (κ1) is 15.9. The predicted octanol–water partition coefficient (Wildman–Crippen LogP) is 2.66. The molecule has 8 nitrogen and oxygen atoms in total. The number of aliphatic imine (C=N–C) groups is 1. The van der Waals surface area contributed by atoms with E-state index >= 15 is 0 Å². The summed E-state index contributed by atoms with van der Waals surface area (Å²) in [7, 11) is 0. The van der Waals surface area contributed by atoms with E-state index in [-0.39, 0.29) is 5.91 Å². The van der Waals surface area contributed by atoms with Crippen molar-refractivity contribution in [1.82, 2.24) is 24.8 Å². The van der Waals surface area contributed by atoms with Crippen LogP contribution in [0.5, 0.6) is 0 Å². The molecule has 0 aliphatic carbocycles. The van der Waals surface area contributed by atoms with Crippen LogP contribution >= 0.6 is 0 Å². The van der Waals surface area contributed by atoms with E-state index in [1.54, 1.807) is 0 Å². The Bertz CT molecular complexity index is 1050. The summed E-state index contributed by atoms with van der Waals surface area (Å²) >= 11 is 0. The van der Waals surface area contributed by atoms with Gasteiger partial charge in [0.25, 0.3) is 5.91 Å². The summed E-state index contributed by atoms with van der Waals surface area (Å²) < 4.78 is 0. The maximum absolute atomic E-state index is 12.8. The van der Waals surface area contributed by atoms with E-state index in [1.807, 2.05) is 29.4 Å². The van der Waals surface area contributed by atoms with Crippen LogP contribution in [0.4, 0.5) is 11.6 Å². The summed E-state index contributed by atoms with van der Waals surface area (Å²) in [6.45, 7) is 2.30. The molecule has 1 fully saturated rings. The smallest absolute Gasteiger partial charge is 0.270 e. The Hall–Kier alpha value is -3.29. The number of piperidine rings is 1. The van der Waals surface area contributed by atoms with Gasteiger partial charge in [-0.25, -0.2) is 15.0 Å². The van der Waals surface area contributed by atoms with Crippen molar-refractivity contribution in [2.75, 3.05) is 18.4 Å². The summed E-state index contributed by atoms with van der Waals surface area (Å²) in [4.78, 5) is 35.1. The molecule has 0 aromatic carbocycles. The number of nitrogens with zero attached hydrogens (tertiary/aromatic N) is 5. The number of likely N-dealkylation sites (tertiary alicyclic amines) is 1. The van der Waals surface area contributed by atoms with Gasteiger partial charge in [0, 0.05) is 36.6 Å². The Labute approximate surface area is 155 Å². The molecule has 5 heterocycles. The molecule has 1 saturated heterocycles. The van der Waals surface area contributed by atoms with Gasteiger partial charge in [-0.05, 0) is 31.4 Å². The Morgan fingerprint density at radius 2 is 2.00 bits per heavy atom. The van der Waals surface area contributed by atoms with Crippen LogP contribution in [0.25, 0.3) is 11.0 Å². The average Bonchev–Trinajstić information content (AvgIpc) is 3.35. The summed E-state index contributed by atoms with van der Waals surface area (Å²) in [5, 5.41) is 4.01. The molecule has 2 aliphatic heterocycles. The molecule has 0 atom stereocenters. The molecule has 2 N–H and O–H groups in total. The SMILES string of the molecule is O=C(c1cc2c(Nc3cc4c(cn3)CN=C4)ncnc2[nH]1)N1CCCCC1. The molecular weight excluding hydrogens is 342 g/mol. The number of hydrogen-bond acceptors (Lipinski definition) is 6. The minimum absolute atomic E-state index is 0.0190. The molecule has 0 unspecified atom stereocenters. The standard InChI is InChI=1S/C19H19N7O/c27-19(26-4-2-1-3-5-26)15-7-14-17(24-15)22-11-23-18(14)25-16-6-12-8-20-9-13(12)10-21-16/h6-8,10-11H,1-5,9H2,(H2,21,22,23,24,25). The molecule has 27 heavy (non-hydrogen) atoms. The third-order valence-electron chi connectivity index (χ3n) is 5.06. The number of carbonyl (C=O) groups excluding carboxylic acids is 1. The lowest BCUT2D eigenvalue weighted by Crippen LogP contribution is -2.35. The molecular formula is C19H19N7O. The van der Waals surface area contributed by atoms with E-state index in [2.05, 4.69) is 30.2 Å². The average molecular weight is 361 g/mol. The first-order valence-electron chi connectivity index (χ1n) is 9.17. The number of H-pyrrole nitrogens is 1. The largest absolute Gasteiger partial charge is 0.337 e. The highest BCUT2D eigenvalue weighted by molar-refractivity contribution is 6.00. The highest BCUT2D eigenvalue weighted by Gasteiger charge is 2.21. The van der Waals surface area contributed by atoms with Crippen LogP contribution in [0.2, 0.25) is 0 Å². The molecule has 0 saturated carbocycles. The van der Waals surface area contributed by atoms with Crippen LogP contribution in [0.3, 0.4) is 0 Å². The van der Waals surface area contributed by atoms with Gasteiger partial charge < -0.3 is 15.2 Å². The van der Waals surface area contributed by atoms with Crippen LogP contribution < -0.4 is 5.32 Å². The fourth-order valence-electron chi connectivity index (χ4n) is 3.61. The predicted molar refractivity (Wildman–Crippen MR) is 102 cm³/mol. The fraction of sp³-hybridized carbons (Fsp3) is 0.316. The Balaban J connectivity index is 1.45. The van der Waals surface area contributed by atoms with E-state index in [9.17, 15) is 4.79 Å². The lowest BCUT2D eigenvalue weighted by molar-refractivity contribution is 0.0719. The molecule has 0 spiro atoms. The maximum Gasteiger partial charge on any atom is 0.270 e. The van der Waals surface area contributed by atoms with Gasteiger partial charge in [0.15, 0.2) is 0 Å². The second kappa shape index (κ2) is 6.46. The summed E-state index contributed by atoms with van der Waals surface area (Å²) in [6.07, 6.45) is 8.46. The second-order valence-corrected chi connectivity index (χ2v) is 6.88. The van der Waals surface area contributed by atoms with Gasteiger partial charge in [0.1, 0.15) is 29.3 Å². The first-order chi connectivity index (χ1) is 13.3. The molecule has 0 bridgehead atoms. The van der Waals surface area contributed by atoms with Gasteiger partial charge in [0.2, 0.25) is 0 Å². The molecule has 3 aromatic rings. The number of nitrogens with one attached hydrogen (secondary N) is 2. The Morgan fingerprint density at radius 3 is 2.89 bits per heavy atom. The second-order valence-electron chi connectivity index (χ2n) is 6.88. The van der Waals surface area contributed by atoms with E-state index < -0.39 is 0 Å². The summed E-state index contributed by atoms with van der Waals surface area (Å²) in [5.41, 5.74) is 3.36. The van der Waals surface area contributed by atoms with Gasteiger partial charge >= 0.3 is 0 Å². The van der Waals surface area contributed by atoms with Crippen LogP contribution in [-0.2, 0) is 6.54 Å². The number of pyridine rings is 1. The number of amides is 1. The highest BCUT2D eigenvalue weighted by atomic mass is 16.2. The van der Waals surface area contributed by atoms with Gasteiger partial charge in [-0.2, -0.15) is 0 Å². The number of aromatic amines is 1. The van der Waals surface area contributed by atoms with Crippen molar-refractivity contribution in [3.8, 4) is 0 Å². The maximum atomic E-state index is 12.8. The topological polar surface area (TPSA) is 99.2 Å². The van der Waals surface area contributed by atoms with Gasteiger partial charge in [-0.3, -0.25) is 9.79 Å². The van der Waals surface area contributed by atoms with Crippen LogP contribution in [0.1, 0.15) is 40.9 Å². The molecule has 3 aromatic heterocycles. The minimum Gasteiger partial charge on any atom is -0.337 e. The van der Waals surface area contributed by atoms with Crippen molar-refractivity contribution >= 4 is 34.8 Å². The third kappa shape index (κ3) is 2.92. The zero-order valence-corrected chi connectivity index (χ0v) is 14.8. The van der Waals surface area contributed by atoms with E-state index in [0.29, 0.717) is 29.5 Å². The van der Waals surface area contributed by atoms with Crippen molar-refractivity contribution in [2.24, 2.45) is 4.99 Å². The quantitative estimate of drug-likeness (QED) is 0.747. The zero-order chi connectivity index (χ0) is 18.2. The minimum atomic E-state index is 0.0190. The number of carbonyl (C=O) groups is 1. The van der Waals surface area contributed by atoms with E-state index in [1.165, 1.54) is 12.7 Å². The van der Waals surface area contributed by atoms with Crippen molar-refractivity contribution in [2.45, 2.75) is 25.8 Å². The van der Waals surface area contributed by atoms with Crippen LogP contribution in [0.15, 0.2) is 29.6 Å². The molecule has 5 rings (SSSR count).